The Morgan fingerprint density at radius 1 is 1.45 bits per heavy atom. The Bertz CT molecular complexity index is 533. The minimum atomic E-state index is 0.241. The Kier molecular flexibility index (Phi) is 4.51. The first kappa shape index (κ1) is 14.2. The second-order valence-electron chi connectivity index (χ2n) is 5.55. The van der Waals surface area contributed by atoms with Gasteiger partial charge in [0.25, 0.3) is 0 Å². The van der Waals surface area contributed by atoms with Crippen LogP contribution in [0.25, 0.3) is 10.6 Å². The maximum Gasteiger partial charge on any atom is 0.124 e. The van der Waals surface area contributed by atoms with Gasteiger partial charge in [0, 0.05) is 35.0 Å². The standard InChI is InChI=1S/C15H21N3S2/c1-11(16)14-4-2-3-6-18(14)8-13-10-20-15(17-13)12-5-7-19-9-12/h5,7,9-11,14H,2-4,6,8,16H2,1H3. The third-order valence-corrected chi connectivity index (χ3v) is 5.58. The molecule has 5 heteroatoms. The van der Waals surface area contributed by atoms with E-state index in [1.54, 1.807) is 22.7 Å². The number of aromatic nitrogens is 1. The molecule has 1 fully saturated rings. The van der Waals surface area contributed by atoms with Crippen molar-refractivity contribution in [2.24, 2.45) is 5.73 Å². The van der Waals surface area contributed by atoms with Gasteiger partial charge in [-0.1, -0.05) is 6.42 Å². The molecule has 20 heavy (non-hydrogen) atoms. The van der Waals surface area contributed by atoms with Gasteiger partial charge in [-0.25, -0.2) is 4.98 Å². The smallest absolute Gasteiger partial charge is 0.124 e. The Labute approximate surface area is 128 Å². The molecule has 1 aliphatic rings. The van der Waals surface area contributed by atoms with E-state index >= 15 is 0 Å². The van der Waals surface area contributed by atoms with Crippen molar-refractivity contribution in [2.75, 3.05) is 6.54 Å². The Morgan fingerprint density at radius 2 is 2.35 bits per heavy atom. The van der Waals surface area contributed by atoms with Crippen molar-refractivity contribution in [1.82, 2.24) is 9.88 Å². The average Bonchev–Trinajstić information content (AvgIpc) is 3.09. The third-order valence-electron chi connectivity index (χ3n) is 3.96. The van der Waals surface area contributed by atoms with Crippen LogP contribution in [-0.4, -0.2) is 28.5 Å². The molecule has 0 aromatic carbocycles. The summed E-state index contributed by atoms with van der Waals surface area (Å²) in [5, 5.41) is 7.59. The van der Waals surface area contributed by atoms with Gasteiger partial charge in [-0.3, -0.25) is 4.90 Å². The van der Waals surface area contributed by atoms with Crippen LogP contribution >= 0.6 is 22.7 Å². The Balaban J connectivity index is 1.71. The van der Waals surface area contributed by atoms with Crippen LogP contribution in [0.2, 0.25) is 0 Å². The van der Waals surface area contributed by atoms with Crippen LogP contribution in [0, 0.1) is 0 Å². The van der Waals surface area contributed by atoms with Crippen LogP contribution in [-0.2, 0) is 6.54 Å². The molecular formula is C15H21N3S2. The van der Waals surface area contributed by atoms with E-state index in [-0.39, 0.29) is 6.04 Å². The average molecular weight is 307 g/mol. The zero-order valence-corrected chi connectivity index (χ0v) is 13.4. The molecule has 2 N–H and O–H groups in total. The topological polar surface area (TPSA) is 42.1 Å². The zero-order valence-electron chi connectivity index (χ0n) is 11.8. The second-order valence-corrected chi connectivity index (χ2v) is 7.19. The number of rotatable bonds is 4. The number of piperidine rings is 1. The molecule has 2 aromatic heterocycles. The minimum absolute atomic E-state index is 0.241. The van der Waals surface area contributed by atoms with Gasteiger partial charge in [0.2, 0.25) is 0 Å². The number of hydrogen-bond donors (Lipinski definition) is 1. The molecule has 3 heterocycles. The van der Waals surface area contributed by atoms with E-state index in [9.17, 15) is 0 Å². The van der Waals surface area contributed by atoms with Gasteiger partial charge in [0.1, 0.15) is 5.01 Å². The highest BCUT2D eigenvalue weighted by Crippen LogP contribution is 2.27. The summed E-state index contributed by atoms with van der Waals surface area (Å²) in [6.07, 6.45) is 3.81. The minimum Gasteiger partial charge on any atom is -0.327 e. The molecule has 0 bridgehead atoms. The van der Waals surface area contributed by atoms with Crippen molar-refractivity contribution in [1.29, 1.82) is 0 Å². The predicted octanol–water partition coefficient (Wildman–Crippen LogP) is 3.57. The second kappa shape index (κ2) is 6.35. The van der Waals surface area contributed by atoms with Gasteiger partial charge in [-0.05, 0) is 37.8 Å². The number of thiazole rings is 1. The maximum atomic E-state index is 6.14. The third kappa shape index (κ3) is 3.11. The highest BCUT2D eigenvalue weighted by molar-refractivity contribution is 7.14. The largest absolute Gasteiger partial charge is 0.327 e. The number of hydrogen-bond acceptors (Lipinski definition) is 5. The summed E-state index contributed by atoms with van der Waals surface area (Å²) in [7, 11) is 0. The van der Waals surface area contributed by atoms with E-state index in [1.165, 1.54) is 30.5 Å². The fourth-order valence-electron chi connectivity index (χ4n) is 2.91. The summed E-state index contributed by atoms with van der Waals surface area (Å²) >= 11 is 3.47. The van der Waals surface area contributed by atoms with E-state index in [4.69, 9.17) is 10.7 Å². The molecular weight excluding hydrogens is 286 g/mol. The molecule has 1 aliphatic heterocycles. The lowest BCUT2D eigenvalue weighted by atomic mass is 9.97. The maximum absolute atomic E-state index is 6.14. The van der Waals surface area contributed by atoms with Gasteiger partial charge in [-0.15, -0.1) is 11.3 Å². The van der Waals surface area contributed by atoms with E-state index in [0.717, 1.165) is 18.1 Å². The summed E-state index contributed by atoms with van der Waals surface area (Å²) in [6.45, 7) is 4.21. The molecule has 2 atom stereocenters. The van der Waals surface area contributed by atoms with Crippen molar-refractivity contribution >= 4 is 22.7 Å². The van der Waals surface area contributed by atoms with Gasteiger partial charge < -0.3 is 5.73 Å². The molecule has 108 valence electrons. The Hall–Kier alpha value is -0.750. The van der Waals surface area contributed by atoms with E-state index in [0.29, 0.717) is 6.04 Å². The number of likely N-dealkylation sites (tertiary alicyclic amines) is 1. The van der Waals surface area contributed by atoms with E-state index < -0.39 is 0 Å². The number of nitrogens with zero attached hydrogens (tertiary/aromatic N) is 2. The molecule has 3 nitrogen and oxygen atoms in total. The molecule has 0 spiro atoms. The number of nitrogens with two attached hydrogens (primary N) is 1. The fourth-order valence-corrected chi connectivity index (χ4v) is 4.44. The van der Waals surface area contributed by atoms with Crippen molar-refractivity contribution in [3.05, 3.63) is 27.9 Å². The SMILES string of the molecule is CC(N)C1CCCCN1Cc1csc(-c2ccsc2)n1. The first-order valence-corrected chi connectivity index (χ1v) is 9.03. The first-order valence-electron chi connectivity index (χ1n) is 7.20. The van der Waals surface area contributed by atoms with Crippen molar-refractivity contribution in [3.8, 4) is 10.6 Å². The molecule has 0 radical (unpaired) electrons. The van der Waals surface area contributed by atoms with Crippen LogP contribution in [0.4, 0.5) is 0 Å². The van der Waals surface area contributed by atoms with Crippen LogP contribution in [0.5, 0.6) is 0 Å². The van der Waals surface area contributed by atoms with E-state index in [2.05, 4.69) is 34.0 Å². The van der Waals surface area contributed by atoms with E-state index in [1.807, 2.05) is 0 Å². The normalized spacial score (nSPS) is 22.0. The molecule has 0 amide bonds. The highest BCUT2D eigenvalue weighted by atomic mass is 32.1. The lowest BCUT2D eigenvalue weighted by Gasteiger charge is -2.37. The molecule has 3 rings (SSSR count). The Morgan fingerprint density at radius 3 is 3.10 bits per heavy atom. The lowest BCUT2D eigenvalue weighted by Crippen LogP contribution is -2.48. The highest BCUT2D eigenvalue weighted by Gasteiger charge is 2.25. The zero-order chi connectivity index (χ0) is 13.9. The van der Waals surface area contributed by atoms with Crippen LogP contribution in [0.15, 0.2) is 22.2 Å². The summed E-state index contributed by atoms with van der Waals surface area (Å²) in [5.41, 5.74) is 8.56. The van der Waals surface area contributed by atoms with Crippen molar-refractivity contribution in [3.63, 3.8) is 0 Å². The van der Waals surface area contributed by atoms with Crippen LogP contribution in [0.1, 0.15) is 31.9 Å². The molecule has 1 saturated heterocycles. The van der Waals surface area contributed by atoms with Crippen molar-refractivity contribution < 1.29 is 0 Å². The van der Waals surface area contributed by atoms with Crippen LogP contribution < -0.4 is 5.73 Å². The number of thiophene rings is 1. The van der Waals surface area contributed by atoms with Gasteiger partial charge in [0.05, 0.1) is 5.69 Å². The molecule has 0 saturated carbocycles. The fraction of sp³-hybridized carbons (Fsp3) is 0.533. The summed E-state index contributed by atoms with van der Waals surface area (Å²) in [6, 6.07) is 2.89. The first-order chi connectivity index (χ1) is 9.74. The lowest BCUT2D eigenvalue weighted by molar-refractivity contribution is 0.122. The molecule has 2 aromatic rings. The summed E-state index contributed by atoms with van der Waals surface area (Å²) < 4.78 is 0. The summed E-state index contributed by atoms with van der Waals surface area (Å²) in [4.78, 5) is 7.30. The van der Waals surface area contributed by atoms with Crippen molar-refractivity contribution in [2.45, 2.75) is 44.8 Å². The van der Waals surface area contributed by atoms with Gasteiger partial charge >= 0.3 is 0 Å². The molecule has 0 aliphatic carbocycles. The van der Waals surface area contributed by atoms with Crippen LogP contribution in [0.3, 0.4) is 0 Å². The predicted molar refractivity (Wildman–Crippen MR) is 87.1 cm³/mol. The monoisotopic (exact) mass is 307 g/mol. The summed E-state index contributed by atoms with van der Waals surface area (Å²) in [5.74, 6) is 0. The quantitative estimate of drug-likeness (QED) is 0.939. The molecule has 2 unspecified atom stereocenters. The van der Waals surface area contributed by atoms with Gasteiger partial charge in [0.15, 0.2) is 0 Å². The van der Waals surface area contributed by atoms with Gasteiger partial charge in [-0.2, -0.15) is 11.3 Å².